The van der Waals surface area contributed by atoms with Crippen molar-refractivity contribution in [2.75, 3.05) is 37.6 Å². The lowest BCUT2D eigenvalue weighted by molar-refractivity contribution is 0.0711. The number of guanidine groups is 1. The van der Waals surface area contributed by atoms with Gasteiger partial charge in [-0.25, -0.2) is 9.98 Å². The molecule has 1 atom stereocenters. The molecule has 1 saturated heterocycles. The van der Waals surface area contributed by atoms with Crippen LogP contribution in [-0.2, 0) is 12.0 Å². The van der Waals surface area contributed by atoms with Gasteiger partial charge in [-0.3, -0.25) is 0 Å². The van der Waals surface area contributed by atoms with E-state index in [1.54, 1.807) is 29.6 Å². The van der Waals surface area contributed by atoms with Gasteiger partial charge in [0.25, 0.3) is 0 Å². The third kappa shape index (κ3) is 6.57. The van der Waals surface area contributed by atoms with Crippen LogP contribution in [0.5, 0.6) is 0 Å². The predicted molar refractivity (Wildman–Crippen MR) is 131 cm³/mol. The summed E-state index contributed by atoms with van der Waals surface area (Å²) < 4.78 is 0. The Balaban J connectivity index is 0.00000280. The van der Waals surface area contributed by atoms with Crippen molar-refractivity contribution in [3.05, 3.63) is 33.5 Å². The smallest absolute Gasteiger partial charge is 0.191 e. The van der Waals surface area contributed by atoms with Crippen molar-refractivity contribution >= 4 is 57.7 Å². The molecule has 1 fully saturated rings. The van der Waals surface area contributed by atoms with Crippen LogP contribution in [0.2, 0.25) is 0 Å². The second-order valence-electron chi connectivity index (χ2n) is 6.94. The highest BCUT2D eigenvalue weighted by molar-refractivity contribution is 14.0. The first-order valence-corrected chi connectivity index (χ1v) is 11.3. The number of hydrogen-bond acceptors (Lipinski definition) is 6. The monoisotopic (exact) mass is 535 g/mol. The van der Waals surface area contributed by atoms with Gasteiger partial charge in [0.2, 0.25) is 0 Å². The van der Waals surface area contributed by atoms with Gasteiger partial charge in [0.1, 0.15) is 5.60 Å². The lowest BCUT2D eigenvalue weighted by atomic mass is 10.1. The molecule has 9 heteroatoms. The lowest BCUT2D eigenvalue weighted by Crippen LogP contribution is -2.39. The van der Waals surface area contributed by atoms with Crippen molar-refractivity contribution in [2.24, 2.45) is 4.99 Å². The zero-order valence-corrected chi connectivity index (χ0v) is 20.4. The molecule has 0 amide bonds. The summed E-state index contributed by atoms with van der Waals surface area (Å²) in [6, 6.07) is 3.90. The van der Waals surface area contributed by atoms with Crippen molar-refractivity contribution in [3.8, 4) is 0 Å². The number of thiazole rings is 1. The van der Waals surface area contributed by atoms with Gasteiger partial charge in [-0.1, -0.05) is 6.07 Å². The number of halogens is 1. The van der Waals surface area contributed by atoms with E-state index in [1.807, 2.05) is 24.4 Å². The number of aliphatic imine (C=N–C) groups is 1. The van der Waals surface area contributed by atoms with Gasteiger partial charge in [-0.2, -0.15) is 0 Å². The van der Waals surface area contributed by atoms with Gasteiger partial charge in [0.05, 0.1) is 12.2 Å². The van der Waals surface area contributed by atoms with Crippen molar-refractivity contribution in [2.45, 2.75) is 38.7 Å². The van der Waals surface area contributed by atoms with E-state index in [0.29, 0.717) is 6.54 Å². The minimum atomic E-state index is -0.948. The van der Waals surface area contributed by atoms with Crippen molar-refractivity contribution in [1.82, 2.24) is 15.6 Å². The lowest BCUT2D eigenvalue weighted by Gasteiger charge is -2.20. The zero-order valence-electron chi connectivity index (χ0n) is 16.5. The van der Waals surface area contributed by atoms with Crippen LogP contribution in [0.1, 0.15) is 37.3 Å². The molecule has 156 valence electrons. The average Bonchev–Trinajstić information content (AvgIpc) is 3.41. The van der Waals surface area contributed by atoms with E-state index in [1.165, 1.54) is 12.8 Å². The van der Waals surface area contributed by atoms with E-state index in [4.69, 9.17) is 4.98 Å². The summed E-state index contributed by atoms with van der Waals surface area (Å²) in [5, 5.41) is 22.5. The second-order valence-corrected chi connectivity index (χ2v) is 8.72. The van der Waals surface area contributed by atoms with Gasteiger partial charge in [0.15, 0.2) is 11.1 Å². The molecule has 2 aromatic heterocycles. The van der Waals surface area contributed by atoms with Gasteiger partial charge < -0.3 is 20.6 Å². The summed E-state index contributed by atoms with van der Waals surface area (Å²) in [5.74, 6) is 0.726. The van der Waals surface area contributed by atoms with Gasteiger partial charge in [-0.05, 0) is 38.1 Å². The van der Waals surface area contributed by atoms with E-state index in [9.17, 15) is 5.11 Å². The Morgan fingerprint density at radius 3 is 2.79 bits per heavy atom. The SMILES string of the molecule is CCNC(=NCC(C)(O)c1cccs1)NCCc1csc(N2CCCC2)n1.I. The normalized spacial score (nSPS) is 16.5. The van der Waals surface area contributed by atoms with Crippen LogP contribution in [0.4, 0.5) is 5.13 Å². The first-order chi connectivity index (χ1) is 13.1. The van der Waals surface area contributed by atoms with E-state index >= 15 is 0 Å². The Bertz CT molecular complexity index is 727. The number of thiophene rings is 1. The Morgan fingerprint density at radius 1 is 1.32 bits per heavy atom. The van der Waals surface area contributed by atoms with E-state index < -0.39 is 5.60 Å². The van der Waals surface area contributed by atoms with E-state index in [0.717, 1.165) is 54.3 Å². The minimum absolute atomic E-state index is 0. The van der Waals surface area contributed by atoms with Crippen LogP contribution in [0.3, 0.4) is 0 Å². The van der Waals surface area contributed by atoms with Crippen LogP contribution in [-0.4, -0.2) is 48.8 Å². The molecular formula is C19H30IN5OS2. The minimum Gasteiger partial charge on any atom is -0.383 e. The van der Waals surface area contributed by atoms with Crippen LogP contribution >= 0.6 is 46.7 Å². The molecule has 2 aromatic rings. The van der Waals surface area contributed by atoms with Crippen molar-refractivity contribution in [1.29, 1.82) is 0 Å². The molecule has 0 spiro atoms. The highest BCUT2D eigenvalue weighted by Gasteiger charge is 2.24. The number of anilines is 1. The molecule has 0 bridgehead atoms. The molecule has 0 aliphatic carbocycles. The predicted octanol–water partition coefficient (Wildman–Crippen LogP) is 3.43. The van der Waals surface area contributed by atoms with Gasteiger partial charge in [0, 0.05) is 42.9 Å². The fourth-order valence-electron chi connectivity index (χ4n) is 3.01. The van der Waals surface area contributed by atoms with Gasteiger partial charge in [-0.15, -0.1) is 46.7 Å². The average molecular weight is 536 g/mol. The number of aliphatic hydroxyl groups is 1. The van der Waals surface area contributed by atoms with Crippen LogP contribution in [0, 0.1) is 0 Å². The molecule has 0 aromatic carbocycles. The molecule has 6 nitrogen and oxygen atoms in total. The number of nitrogens with zero attached hydrogens (tertiary/aromatic N) is 3. The standard InChI is InChI=1S/C19H29N5OS2.HI/c1-3-20-17(22-14-19(2,25)16-7-6-12-26-16)21-9-8-15-13-27-18(23-15)24-10-4-5-11-24;/h6-7,12-13,25H,3-5,8-11,14H2,1-2H3,(H2,20,21,22);1H. The highest BCUT2D eigenvalue weighted by atomic mass is 127. The molecule has 0 radical (unpaired) electrons. The number of nitrogens with one attached hydrogen (secondary N) is 2. The maximum Gasteiger partial charge on any atom is 0.191 e. The topological polar surface area (TPSA) is 72.8 Å². The maximum atomic E-state index is 10.6. The Hall–Kier alpha value is -0.910. The largest absolute Gasteiger partial charge is 0.383 e. The molecular weight excluding hydrogens is 505 g/mol. The number of hydrogen-bond donors (Lipinski definition) is 3. The molecule has 1 aliphatic rings. The Morgan fingerprint density at radius 2 is 2.11 bits per heavy atom. The number of rotatable bonds is 8. The first-order valence-electron chi connectivity index (χ1n) is 9.56. The van der Waals surface area contributed by atoms with Crippen molar-refractivity contribution in [3.63, 3.8) is 0 Å². The summed E-state index contributed by atoms with van der Waals surface area (Å²) >= 11 is 3.29. The molecule has 28 heavy (non-hydrogen) atoms. The third-order valence-corrected chi connectivity index (χ3v) is 6.60. The summed E-state index contributed by atoms with van der Waals surface area (Å²) in [6.07, 6.45) is 3.40. The third-order valence-electron chi connectivity index (χ3n) is 4.53. The van der Waals surface area contributed by atoms with E-state index in [2.05, 4.69) is 25.9 Å². The molecule has 1 unspecified atom stereocenters. The molecule has 1 aliphatic heterocycles. The van der Waals surface area contributed by atoms with Gasteiger partial charge >= 0.3 is 0 Å². The quantitative estimate of drug-likeness (QED) is 0.275. The zero-order chi connectivity index (χ0) is 19.1. The van der Waals surface area contributed by atoms with Crippen LogP contribution in [0.15, 0.2) is 27.9 Å². The van der Waals surface area contributed by atoms with Crippen molar-refractivity contribution < 1.29 is 5.11 Å². The molecule has 3 rings (SSSR count). The fraction of sp³-hybridized carbons (Fsp3) is 0.579. The first kappa shape index (κ1) is 23.4. The maximum absolute atomic E-state index is 10.6. The highest BCUT2D eigenvalue weighted by Crippen LogP contribution is 2.26. The van der Waals surface area contributed by atoms with Crippen LogP contribution < -0.4 is 15.5 Å². The molecule has 0 saturated carbocycles. The molecule has 3 N–H and O–H groups in total. The second kappa shape index (κ2) is 11.3. The summed E-state index contributed by atoms with van der Waals surface area (Å²) in [5.41, 5.74) is 0.173. The summed E-state index contributed by atoms with van der Waals surface area (Å²) in [7, 11) is 0. The Kier molecular flexibility index (Phi) is 9.45. The fourth-order valence-corrected chi connectivity index (χ4v) is 4.70. The summed E-state index contributed by atoms with van der Waals surface area (Å²) in [4.78, 5) is 12.6. The van der Waals surface area contributed by atoms with E-state index in [-0.39, 0.29) is 24.0 Å². The Labute approximate surface area is 192 Å². The number of aromatic nitrogens is 1. The summed E-state index contributed by atoms with van der Waals surface area (Å²) in [6.45, 7) is 7.97. The molecule has 3 heterocycles. The van der Waals surface area contributed by atoms with Crippen LogP contribution in [0.25, 0.3) is 0 Å².